The van der Waals surface area contributed by atoms with Crippen molar-refractivity contribution in [1.29, 1.82) is 0 Å². The van der Waals surface area contributed by atoms with E-state index in [1.165, 1.54) is 6.08 Å². The Hall–Kier alpha value is -4.22. The highest BCUT2D eigenvalue weighted by molar-refractivity contribution is 6.01. The standard InChI is InChI=1S/C26H32N8O3/c1-6-23(35)30-21-13-19(7-8-22(21)33(4)10-9-32(2)3)37-24-16-28-26-25(31-24)20(15-27-26)18-14-29-34(17-18)11-12-36-5/h6-8,13-17H,1,9-12H2,2-5H3,(H,27,28)(H,30,35). The Bertz CT molecular complexity index is 1380. The smallest absolute Gasteiger partial charge is 0.247 e. The van der Waals surface area contributed by atoms with Crippen LogP contribution < -0.4 is 15.0 Å². The maximum absolute atomic E-state index is 12.1. The molecule has 3 aromatic heterocycles. The molecule has 0 bridgehead atoms. The van der Waals surface area contributed by atoms with Crippen molar-refractivity contribution < 1.29 is 14.3 Å². The average Bonchev–Trinajstić information content (AvgIpc) is 3.52. The number of likely N-dealkylation sites (N-methyl/N-ethyl adjacent to an activating group) is 2. The molecule has 0 atom stereocenters. The van der Waals surface area contributed by atoms with Crippen molar-refractivity contribution in [1.82, 2.24) is 29.6 Å². The molecule has 0 aliphatic carbocycles. The number of ether oxygens (including phenoxy) is 2. The molecular formula is C26H32N8O3. The Labute approximate surface area is 215 Å². The number of anilines is 2. The molecule has 0 radical (unpaired) electrons. The fourth-order valence-corrected chi connectivity index (χ4v) is 3.74. The number of benzene rings is 1. The highest BCUT2D eigenvalue weighted by Gasteiger charge is 2.15. The molecule has 11 nitrogen and oxygen atoms in total. The molecule has 11 heteroatoms. The molecule has 194 valence electrons. The van der Waals surface area contributed by atoms with Crippen LogP contribution in [0.2, 0.25) is 0 Å². The molecule has 0 saturated carbocycles. The Morgan fingerprint density at radius 1 is 1.24 bits per heavy atom. The van der Waals surface area contributed by atoms with Crippen LogP contribution in [-0.4, -0.2) is 83.5 Å². The van der Waals surface area contributed by atoms with Crippen LogP contribution in [0.15, 0.2) is 55.6 Å². The minimum Gasteiger partial charge on any atom is -0.437 e. The zero-order chi connectivity index (χ0) is 26.4. The third-order valence-electron chi connectivity index (χ3n) is 5.76. The molecule has 3 heterocycles. The van der Waals surface area contributed by atoms with Gasteiger partial charge < -0.3 is 29.6 Å². The van der Waals surface area contributed by atoms with Gasteiger partial charge in [-0.3, -0.25) is 9.48 Å². The number of carbonyl (C=O) groups is 1. The van der Waals surface area contributed by atoms with E-state index < -0.39 is 0 Å². The summed E-state index contributed by atoms with van der Waals surface area (Å²) in [5.41, 5.74) is 4.57. The number of hydrogen-bond donors (Lipinski definition) is 2. The Kier molecular flexibility index (Phi) is 8.16. The molecule has 2 N–H and O–H groups in total. The van der Waals surface area contributed by atoms with Gasteiger partial charge >= 0.3 is 0 Å². The van der Waals surface area contributed by atoms with E-state index in [4.69, 9.17) is 14.5 Å². The van der Waals surface area contributed by atoms with Gasteiger partial charge in [0.2, 0.25) is 11.8 Å². The van der Waals surface area contributed by atoms with Gasteiger partial charge in [0.1, 0.15) is 11.3 Å². The van der Waals surface area contributed by atoms with Crippen LogP contribution in [0, 0.1) is 0 Å². The minimum atomic E-state index is -0.302. The van der Waals surface area contributed by atoms with Gasteiger partial charge in [-0.25, -0.2) is 9.97 Å². The number of methoxy groups -OCH3 is 1. The second-order valence-electron chi connectivity index (χ2n) is 8.79. The second kappa shape index (κ2) is 11.7. The van der Waals surface area contributed by atoms with Crippen molar-refractivity contribution in [2.24, 2.45) is 0 Å². The molecule has 0 spiro atoms. The lowest BCUT2D eigenvalue weighted by atomic mass is 10.2. The molecule has 0 aliphatic rings. The largest absolute Gasteiger partial charge is 0.437 e. The molecule has 1 amide bonds. The summed E-state index contributed by atoms with van der Waals surface area (Å²) in [5, 5.41) is 7.26. The van der Waals surface area contributed by atoms with Crippen molar-refractivity contribution in [3.63, 3.8) is 0 Å². The minimum absolute atomic E-state index is 0.302. The number of aromatic nitrogens is 5. The number of nitrogens with one attached hydrogen (secondary N) is 2. The van der Waals surface area contributed by atoms with E-state index in [0.717, 1.165) is 29.9 Å². The van der Waals surface area contributed by atoms with E-state index in [9.17, 15) is 4.79 Å². The van der Waals surface area contributed by atoms with Gasteiger partial charge in [0.15, 0.2) is 5.65 Å². The predicted octanol–water partition coefficient (Wildman–Crippen LogP) is 3.38. The van der Waals surface area contributed by atoms with Crippen LogP contribution in [0.25, 0.3) is 22.3 Å². The van der Waals surface area contributed by atoms with Gasteiger partial charge in [0.05, 0.1) is 36.9 Å². The zero-order valence-electron chi connectivity index (χ0n) is 21.6. The number of aromatic amines is 1. The first-order valence-corrected chi connectivity index (χ1v) is 11.8. The molecule has 4 rings (SSSR count). The van der Waals surface area contributed by atoms with Crippen molar-refractivity contribution in [3.8, 4) is 22.8 Å². The van der Waals surface area contributed by atoms with E-state index in [2.05, 4.69) is 36.8 Å². The number of H-pyrrole nitrogens is 1. The molecular weight excluding hydrogens is 472 g/mol. The van der Waals surface area contributed by atoms with E-state index in [1.54, 1.807) is 25.6 Å². The van der Waals surface area contributed by atoms with Gasteiger partial charge in [-0.1, -0.05) is 6.58 Å². The molecule has 4 aromatic rings. The van der Waals surface area contributed by atoms with Crippen LogP contribution in [0.1, 0.15) is 0 Å². The summed E-state index contributed by atoms with van der Waals surface area (Å²) in [6.07, 6.45) is 8.38. The van der Waals surface area contributed by atoms with E-state index in [1.807, 2.05) is 50.4 Å². The molecule has 0 fully saturated rings. The monoisotopic (exact) mass is 504 g/mol. The first-order valence-electron chi connectivity index (χ1n) is 11.8. The van der Waals surface area contributed by atoms with Crippen LogP contribution >= 0.6 is 0 Å². The topological polar surface area (TPSA) is 113 Å². The SMILES string of the molecule is C=CC(=O)Nc1cc(Oc2cnc3[nH]cc(-c4cnn(CCOC)c4)c3n2)ccc1N(C)CCN(C)C. The highest BCUT2D eigenvalue weighted by atomic mass is 16.5. The second-order valence-corrected chi connectivity index (χ2v) is 8.79. The molecule has 37 heavy (non-hydrogen) atoms. The Morgan fingerprint density at radius 2 is 2.08 bits per heavy atom. The summed E-state index contributed by atoms with van der Waals surface area (Å²) in [6.45, 7) is 6.44. The zero-order valence-corrected chi connectivity index (χ0v) is 21.6. The summed E-state index contributed by atoms with van der Waals surface area (Å²) in [5.74, 6) is 0.542. The van der Waals surface area contributed by atoms with Crippen molar-refractivity contribution in [3.05, 3.63) is 55.6 Å². The van der Waals surface area contributed by atoms with E-state index >= 15 is 0 Å². The van der Waals surface area contributed by atoms with Crippen molar-refractivity contribution in [2.75, 3.05) is 58.2 Å². The Balaban J connectivity index is 1.60. The molecule has 0 unspecified atom stereocenters. The average molecular weight is 505 g/mol. The first-order chi connectivity index (χ1) is 17.9. The lowest BCUT2D eigenvalue weighted by Crippen LogP contribution is -2.29. The normalized spacial score (nSPS) is 11.2. The van der Waals surface area contributed by atoms with Crippen molar-refractivity contribution >= 4 is 28.4 Å². The number of carbonyl (C=O) groups excluding carboxylic acids is 1. The maximum Gasteiger partial charge on any atom is 0.247 e. The fourth-order valence-electron chi connectivity index (χ4n) is 3.74. The molecule has 0 aliphatic heterocycles. The maximum atomic E-state index is 12.1. The van der Waals surface area contributed by atoms with Crippen LogP contribution in [0.3, 0.4) is 0 Å². The lowest BCUT2D eigenvalue weighted by Gasteiger charge is -2.24. The van der Waals surface area contributed by atoms with E-state index in [0.29, 0.717) is 41.6 Å². The summed E-state index contributed by atoms with van der Waals surface area (Å²) in [4.78, 5) is 28.6. The number of hydrogen-bond acceptors (Lipinski definition) is 8. The van der Waals surface area contributed by atoms with E-state index in [-0.39, 0.29) is 5.91 Å². The highest BCUT2D eigenvalue weighted by Crippen LogP contribution is 2.33. The van der Waals surface area contributed by atoms with Crippen LogP contribution in [0.4, 0.5) is 11.4 Å². The van der Waals surface area contributed by atoms with Gasteiger partial charge in [0, 0.05) is 56.8 Å². The number of amides is 1. The van der Waals surface area contributed by atoms with Gasteiger partial charge in [0.25, 0.3) is 0 Å². The number of rotatable bonds is 12. The lowest BCUT2D eigenvalue weighted by molar-refractivity contribution is -0.111. The summed E-state index contributed by atoms with van der Waals surface area (Å²) < 4.78 is 13.0. The van der Waals surface area contributed by atoms with Gasteiger partial charge in [-0.2, -0.15) is 5.10 Å². The quantitative estimate of drug-likeness (QED) is 0.282. The van der Waals surface area contributed by atoms with Crippen LogP contribution in [-0.2, 0) is 16.1 Å². The molecule has 0 saturated heterocycles. The predicted molar refractivity (Wildman–Crippen MR) is 144 cm³/mol. The van der Waals surface area contributed by atoms with Gasteiger partial charge in [-0.05, 0) is 32.3 Å². The third-order valence-corrected chi connectivity index (χ3v) is 5.76. The summed E-state index contributed by atoms with van der Waals surface area (Å²) >= 11 is 0. The van der Waals surface area contributed by atoms with Crippen LogP contribution in [0.5, 0.6) is 11.6 Å². The van der Waals surface area contributed by atoms with Crippen molar-refractivity contribution in [2.45, 2.75) is 6.54 Å². The third kappa shape index (κ3) is 6.32. The molecule has 1 aromatic carbocycles. The fraction of sp³-hybridized carbons (Fsp3) is 0.308. The summed E-state index contributed by atoms with van der Waals surface area (Å²) in [6, 6.07) is 5.52. The first kappa shape index (κ1) is 25.9. The summed E-state index contributed by atoms with van der Waals surface area (Å²) in [7, 11) is 7.68. The number of fused-ring (bicyclic) bond motifs is 1. The number of nitrogens with zero attached hydrogens (tertiary/aromatic N) is 6. The Morgan fingerprint density at radius 3 is 2.84 bits per heavy atom. The van der Waals surface area contributed by atoms with Gasteiger partial charge in [-0.15, -0.1) is 0 Å².